The molecule has 1 spiro atoms. The van der Waals surface area contributed by atoms with Gasteiger partial charge in [-0.2, -0.15) is 0 Å². The van der Waals surface area contributed by atoms with Crippen LogP contribution in [0.3, 0.4) is 0 Å². The number of aliphatic hydroxyl groups is 3. The summed E-state index contributed by atoms with van der Waals surface area (Å²) in [7, 11) is 1.52. The Morgan fingerprint density at radius 2 is 1.72 bits per heavy atom. The molecule has 5 aliphatic rings. The molecular formula is C36H62O11. The second kappa shape index (κ2) is 13.7. The Kier molecular flexibility index (Phi) is 10.9. The number of carboxylic acid groups (broad SMARTS) is 1. The third-order valence-electron chi connectivity index (χ3n) is 13.0. The Labute approximate surface area is 281 Å². The van der Waals surface area contributed by atoms with Crippen molar-refractivity contribution < 1.29 is 53.6 Å². The zero-order valence-electron chi connectivity index (χ0n) is 30.0. The van der Waals surface area contributed by atoms with Crippen LogP contribution >= 0.6 is 0 Å². The number of rotatable bonds is 10. The third-order valence-corrected chi connectivity index (χ3v) is 13.0. The van der Waals surface area contributed by atoms with Crippen molar-refractivity contribution in [1.82, 2.24) is 0 Å². The largest absolute Gasteiger partial charge is 0.481 e. The van der Waals surface area contributed by atoms with Gasteiger partial charge in [0.05, 0.1) is 66.5 Å². The van der Waals surface area contributed by atoms with Crippen molar-refractivity contribution in [3.05, 3.63) is 0 Å². The van der Waals surface area contributed by atoms with Gasteiger partial charge in [0.25, 0.3) is 0 Å². The first-order valence-corrected chi connectivity index (χ1v) is 18.1. The number of methoxy groups -OCH3 is 1. The first kappa shape index (κ1) is 37.4. The van der Waals surface area contributed by atoms with Gasteiger partial charge in [0.15, 0.2) is 11.6 Å². The normalized spacial score (nSPS) is 50.9. The Balaban J connectivity index is 1.29. The van der Waals surface area contributed by atoms with Crippen molar-refractivity contribution in [3.63, 3.8) is 0 Å². The van der Waals surface area contributed by atoms with Crippen LogP contribution in [0.15, 0.2) is 0 Å². The Hall–Kier alpha value is -0.890. The average molecular weight is 671 g/mol. The lowest BCUT2D eigenvalue weighted by atomic mass is 9.78. The summed E-state index contributed by atoms with van der Waals surface area (Å²) >= 11 is 0. The summed E-state index contributed by atoms with van der Waals surface area (Å²) in [5, 5.41) is 41.8. The minimum atomic E-state index is -1.56. The monoisotopic (exact) mass is 670 g/mol. The molecule has 0 aromatic rings. The number of carbonyl (C=O) groups is 1. The Morgan fingerprint density at radius 3 is 2.34 bits per heavy atom. The average Bonchev–Trinajstić information content (AvgIpc) is 3.73. The highest BCUT2D eigenvalue weighted by Gasteiger charge is 2.62. The van der Waals surface area contributed by atoms with Gasteiger partial charge >= 0.3 is 5.97 Å². The van der Waals surface area contributed by atoms with Crippen LogP contribution in [0.2, 0.25) is 0 Å². The van der Waals surface area contributed by atoms with E-state index in [1.165, 1.54) is 7.11 Å². The van der Waals surface area contributed by atoms with E-state index in [-0.39, 0.29) is 54.0 Å². The van der Waals surface area contributed by atoms with E-state index in [2.05, 4.69) is 27.7 Å². The molecule has 272 valence electrons. The van der Waals surface area contributed by atoms with Gasteiger partial charge in [-0.1, -0.05) is 41.5 Å². The lowest BCUT2D eigenvalue weighted by Crippen LogP contribution is -2.57. The summed E-state index contributed by atoms with van der Waals surface area (Å²) < 4.78 is 39.4. The topological polar surface area (TPSA) is 153 Å². The van der Waals surface area contributed by atoms with Crippen LogP contribution in [0.1, 0.15) is 107 Å². The maximum absolute atomic E-state index is 11.8. The molecular weight excluding hydrogens is 608 g/mol. The lowest BCUT2D eigenvalue weighted by Gasteiger charge is -2.49. The van der Waals surface area contributed by atoms with E-state index in [0.29, 0.717) is 19.3 Å². The molecule has 6 unspecified atom stereocenters. The molecule has 0 aromatic carbocycles. The molecule has 5 rings (SSSR count). The Morgan fingerprint density at radius 1 is 1.02 bits per heavy atom. The number of carboxylic acids is 1. The smallest absolute Gasteiger partial charge is 0.308 e. The molecule has 47 heavy (non-hydrogen) atoms. The van der Waals surface area contributed by atoms with Crippen molar-refractivity contribution in [2.45, 2.75) is 172 Å². The summed E-state index contributed by atoms with van der Waals surface area (Å²) in [6.07, 6.45) is 2.99. The highest BCUT2D eigenvalue weighted by molar-refractivity contribution is 5.70. The molecule has 0 radical (unpaired) electrons. The fourth-order valence-corrected chi connectivity index (χ4v) is 9.91. The van der Waals surface area contributed by atoms with Gasteiger partial charge in [0, 0.05) is 37.7 Å². The van der Waals surface area contributed by atoms with Gasteiger partial charge in [0.2, 0.25) is 0 Å². The van der Waals surface area contributed by atoms with E-state index < -0.39 is 59.6 Å². The molecule has 0 saturated carbocycles. The van der Waals surface area contributed by atoms with Gasteiger partial charge in [-0.05, 0) is 64.2 Å². The highest BCUT2D eigenvalue weighted by atomic mass is 16.7. The van der Waals surface area contributed by atoms with Gasteiger partial charge in [-0.25, -0.2) is 0 Å². The molecule has 5 saturated heterocycles. The summed E-state index contributed by atoms with van der Waals surface area (Å²) in [5.41, 5.74) is -1.15. The fourth-order valence-electron chi connectivity index (χ4n) is 9.91. The van der Waals surface area contributed by atoms with E-state index >= 15 is 0 Å². The van der Waals surface area contributed by atoms with E-state index in [1.54, 1.807) is 6.92 Å². The van der Waals surface area contributed by atoms with Gasteiger partial charge in [-0.15, -0.1) is 0 Å². The van der Waals surface area contributed by atoms with E-state index in [0.717, 1.165) is 32.1 Å². The number of hydrogen-bond acceptors (Lipinski definition) is 10. The first-order chi connectivity index (χ1) is 22.0. The van der Waals surface area contributed by atoms with Gasteiger partial charge < -0.3 is 48.8 Å². The fraction of sp³-hybridized carbons (Fsp3) is 0.972. The number of hydrogen-bond donors (Lipinski definition) is 4. The zero-order chi connectivity index (χ0) is 34.7. The summed E-state index contributed by atoms with van der Waals surface area (Å²) in [6.45, 7) is 15.6. The number of ether oxygens (including phenoxy) is 6. The van der Waals surface area contributed by atoms with Gasteiger partial charge in [0.1, 0.15) is 0 Å². The van der Waals surface area contributed by atoms with Crippen molar-refractivity contribution in [2.75, 3.05) is 13.7 Å². The predicted molar refractivity (Wildman–Crippen MR) is 172 cm³/mol. The Bertz CT molecular complexity index is 1110. The van der Waals surface area contributed by atoms with E-state index in [4.69, 9.17) is 28.4 Å². The number of aliphatic carboxylic acids is 1. The SMILES string of the molecule is CC[C@@]1([C@@H]2OC(C3O[C@@](O)(CO)[C@H](C)C[C@@H]3C)C[C@@H]2C)CCC(C2(C)CCC3(C[C@H](O)[C@@H](C)[C@@H]([C@@H](C)[C@H](OC)C(C)C(=O)O)O3)O2)O1. The predicted octanol–water partition coefficient (Wildman–Crippen LogP) is 4.27. The van der Waals surface area contributed by atoms with E-state index in [1.807, 2.05) is 20.8 Å². The van der Waals surface area contributed by atoms with Crippen molar-refractivity contribution in [2.24, 2.45) is 35.5 Å². The van der Waals surface area contributed by atoms with Crippen molar-refractivity contribution in [3.8, 4) is 0 Å². The molecule has 5 aliphatic heterocycles. The van der Waals surface area contributed by atoms with E-state index in [9.17, 15) is 25.2 Å². The summed E-state index contributed by atoms with van der Waals surface area (Å²) in [5.74, 6) is -4.52. The lowest BCUT2D eigenvalue weighted by molar-refractivity contribution is -0.336. The van der Waals surface area contributed by atoms with Crippen LogP contribution in [0, 0.1) is 35.5 Å². The van der Waals surface area contributed by atoms with Gasteiger partial charge in [-0.3, -0.25) is 4.79 Å². The van der Waals surface area contributed by atoms with Crippen LogP contribution in [-0.2, 0) is 33.2 Å². The molecule has 4 N–H and O–H groups in total. The van der Waals surface area contributed by atoms with Crippen LogP contribution in [-0.4, -0.2) is 106 Å². The molecule has 5 fully saturated rings. The maximum atomic E-state index is 11.8. The van der Waals surface area contributed by atoms with Crippen molar-refractivity contribution in [1.29, 1.82) is 0 Å². The molecule has 11 heteroatoms. The summed E-state index contributed by atoms with van der Waals surface area (Å²) in [6, 6.07) is 0. The first-order valence-electron chi connectivity index (χ1n) is 18.1. The second-order valence-corrected chi connectivity index (χ2v) is 16.3. The van der Waals surface area contributed by atoms with Crippen molar-refractivity contribution >= 4 is 5.97 Å². The molecule has 0 aliphatic carbocycles. The molecule has 0 aromatic heterocycles. The summed E-state index contributed by atoms with van der Waals surface area (Å²) in [4.78, 5) is 11.8. The molecule has 17 atom stereocenters. The molecule has 11 nitrogen and oxygen atoms in total. The molecule has 5 heterocycles. The van der Waals surface area contributed by atoms with Crippen LogP contribution in [0.25, 0.3) is 0 Å². The standard InChI is InChI=1S/C36H62O11/c1-10-34(31-20(3)16-26(43-31)28-19(2)15-21(4)36(41,18-37)46-28)12-11-27(44-34)33(8)13-14-35(47-33)17-25(38)22(5)30(45-35)23(6)29(42-9)24(7)32(39)40/h19-31,37-38,41H,10-18H2,1-9H3,(H,39,40)/t19-,20-,21+,22+,23-,24?,25-,26?,27?,28?,29-,30-,31+,33?,34-,35?,36-/m0/s1. The highest BCUT2D eigenvalue weighted by Crippen LogP contribution is 2.55. The molecule has 0 amide bonds. The van der Waals surface area contributed by atoms with Crippen LogP contribution < -0.4 is 0 Å². The maximum Gasteiger partial charge on any atom is 0.308 e. The third kappa shape index (κ3) is 6.67. The number of aliphatic hydroxyl groups excluding tert-OH is 2. The quantitative estimate of drug-likeness (QED) is 0.264. The molecule has 0 bridgehead atoms. The zero-order valence-corrected chi connectivity index (χ0v) is 30.0. The minimum Gasteiger partial charge on any atom is -0.481 e. The van der Waals surface area contributed by atoms with Crippen LogP contribution in [0.4, 0.5) is 0 Å². The second-order valence-electron chi connectivity index (χ2n) is 16.3. The minimum absolute atomic E-state index is 0.153. The van der Waals surface area contributed by atoms with Crippen LogP contribution in [0.5, 0.6) is 0 Å².